The van der Waals surface area contributed by atoms with Crippen molar-refractivity contribution < 1.29 is 20.1 Å². The average Bonchev–Trinajstić information content (AvgIpc) is 2.62. The van der Waals surface area contributed by atoms with Gasteiger partial charge in [-0.25, -0.2) is 0 Å². The van der Waals surface area contributed by atoms with Gasteiger partial charge in [0.1, 0.15) is 13.2 Å². The van der Waals surface area contributed by atoms with Crippen LogP contribution in [0.1, 0.15) is 24.8 Å². The predicted octanol–water partition coefficient (Wildman–Crippen LogP) is 0.353. The van der Waals surface area contributed by atoms with Crippen molar-refractivity contribution in [1.29, 1.82) is 0 Å². The number of amides is 1. The van der Waals surface area contributed by atoms with Crippen molar-refractivity contribution in [2.45, 2.75) is 31.9 Å². The van der Waals surface area contributed by atoms with Gasteiger partial charge in [0.15, 0.2) is 6.04 Å². The van der Waals surface area contributed by atoms with Gasteiger partial charge in [-0.05, 0) is 18.4 Å². The Balaban J connectivity index is 1.83. The molecule has 3 N–H and O–H groups in total. The Bertz CT molecular complexity index is 461. The van der Waals surface area contributed by atoms with E-state index in [0.29, 0.717) is 6.54 Å². The number of hydrogen-bond donors (Lipinski definition) is 1. The smallest absolute Gasteiger partial charge is 0.325 e. The van der Waals surface area contributed by atoms with E-state index in [4.69, 9.17) is 4.74 Å². The second-order valence-corrected chi connectivity index (χ2v) is 5.10. The molecule has 1 fully saturated rings. The second-order valence-electron chi connectivity index (χ2n) is 5.10. The average molecular weight is 277 g/mol. The van der Waals surface area contributed by atoms with Gasteiger partial charge in [-0.2, -0.15) is 0 Å². The van der Waals surface area contributed by atoms with Crippen LogP contribution in [0.4, 0.5) is 0 Å². The van der Waals surface area contributed by atoms with Crippen LogP contribution in [0.2, 0.25) is 0 Å². The normalized spacial score (nSPS) is 19.6. The van der Waals surface area contributed by atoms with Gasteiger partial charge < -0.3 is 15.4 Å². The third-order valence-corrected chi connectivity index (χ3v) is 3.45. The SMILES string of the molecule is [NH3+]C1CCCCN(CC(=O)OCc2ccccc2)C1=O. The number of likely N-dealkylation sites (tertiary alicyclic amines) is 1. The number of benzene rings is 1. The summed E-state index contributed by atoms with van der Waals surface area (Å²) in [6.07, 6.45) is 2.70. The first-order chi connectivity index (χ1) is 9.66. The molecule has 2 rings (SSSR count). The summed E-state index contributed by atoms with van der Waals surface area (Å²) in [6.45, 7) is 0.887. The maximum Gasteiger partial charge on any atom is 0.325 e. The summed E-state index contributed by atoms with van der Waals surface area (Å²) in [6, 6.07) is 9.27. The van der Waals surface area contributed by atoms with E-state index in [1.165, 1.54) is 0 Å². The number of hydrogen-bond acceptors (Lipinski definition) is 3. The van der Waals surface area contributed by atoms with Gasteiger partial charge in [0.2, 0.25) is 0 Å². The van der Waals surface area contributed by atoms with Crippen molar-refractivity contribution in [3.05, 3.63) is 35.9 Å². The van der Waals surface area contributed by atoms with E-state index in [0.717, 1.165) is 24.8 Å². The Kier molecular flexibility index (Phi) is 5.12. The first kappa shape index (κ1) is 14.5. The van der Waals surface area contributed by atoms with E-state index in [9.17, 15) is 9.59 Å². The summed E-state index contributed by atoms with van der Waals surface area (Å²) in [5.41, 5.74) is 4.79. The number of carbonyl (C=O) groups is 2. The van der Waals surface area contributed by atoms with Crippen molar-refractivity contribution in [2.75, 3.05) is 13.1 Å². The maximum atomic E-state index is 12.0. The highest BCUT2D eigenvalue weighted by Crippen LogP contribution is 2.10. The van der Waals surface area contributed by atoms with Crippen LogP contribution < -0.4 is 5.73 Å². The third-order valence-electron chi connectivity index (χ3n) is 3.45. The fraction of sp³-hybridized carbons (Fsp3) is 0.467. The highest BCUT2D eigenvalue weighted by atomic mass is 16.5. The molecule has 0 aliphatic carbocycles. The highest BCUT2D eigenvalue weighted by Gasteiger charge is 2.28. The molecular weight excluding hydrogens is 256 g/mol. The topological polar surface area (TPSA) is 74.2 Å². The number of rotatable bonds is 4. The zero-order chi connectivity index (χ0) is 14.4. The quantitative estimate of drug-likeness (QED) is 0.807. The van der Waals surface area contributed by atoms with Gasteiger partial charge >= 0.3 is 5.97 Å². The molecule has 1 aromatic carbocycles. The van der Waals surface area contributed by atoms with Gasteiger partial charge in [0.25, 0.3) is 5.91 Å². The summed E-state index contributed by atoms with van der Waals surface area (Å²) < 4.78 is 5.20. The second kappa shape index (κ2) is 7.05. The molecule has 1 atom stereocenters. The monoisotopic (exact) mass is 277 g/mol. The van der Waals surface area contributed by atoms with Crippen LogP contribution in [-0.2, 0) is 20.9 Å². The Morgan fingerprint density at radius 2 is 2.05 bits per heavy atom. The largest absolute Gasteiger partial charge is 0.459 e. The lowest BCUT2D eigenvalue weighted by atomic mass is 10.1. The van der Waals surface area contributed by atoms with Crippen LogP contribution >= 0.6 is 0 Å². The van der Waals surface area contributed by atoms with E-state index in [-0.39, 0.29) is 31.1 Å². The fourth-order valence-electron chi connectivity index (χ4n) is 2.28. The van der Waals surface area contributed by atoms with Gasteiger partial charge in [-0.3, -0.25) is 9.59 Å². The molecule has 0 saturated carbocycles. The Morgan fingerprint density at radius 3 is 2.80 bits per heavy atom. The van der Waals surface area contributed by atoms with E-state index in [1.54, 1.807) is 4.90 Å². The maximum absolute atomic E-state index is 12.0. The van der Waals surface area contributed by atoms with Gasteiger partial charge in [-0.15, -0.1) is 0 Å². The van der Waals surface area contributed by atoms with Crippen LogP contribution in [0, 0.1) is 0 Å². The minimum atomic E-state index is -0.365. The molecule has 1 aliphatic heterocycles. The number of esters is 1. The number of ether oxygens (including phenoxy) is 1. The van der Waals surface area contributed by atoms with Crippen LogP contribution in [0.5, 0.6) is 0 Å². The van der Waals surface area contributed by atoms with Crippen LogP contribution in [-0.4, -0.2) is 35.9 Å². The number of nitrogens with zero attached hydrogens (tertiary/aromatic N) is 1. The van der Waals surface area contributed by atoms with Crippen molar-refractivity contribution >= 4 is 11.9 Å². The predicted molar refractivity (Wildman–Crippen MR) is 73.3 cm³/mol. The summed E-state index contributed by atoms with van der Waals surface area (Å²) >= 11 is 0. The van der Waals surface area contributed by atoms with Crippen LogP contribution in [0.15, 0.2) is 30.3 Å². The molecule has 1 heterocycles. The summed E-state index contributed by atoms with van der Waals surface area (Å²) in [7, 11) is 0. The van der Waals surface area contributed by atoms with E-state index in [1.807, 2.05) is 30.3 Å². The van der Waals surface area contributed by atoms with Crippen molar-refractivity contribution in [2.24, 2.45) is 0 Å². The first-order valence-electron chi connectivity index (χ1n) is 6.98. The van der Waals surface area contributed by atoms with Crippen LogP contribution in [0.25, 0.3) is 0 Å². The Hall–Kier alpha value is -1.88. The lowest BCUT2D eigenvalue weighted by molar-refractivity contribution is -0.406. The van der Waals surface area contributed by atoms with Gasteiger partial charge in [-0.1, -0.05) is 30.3 Å². The van der Waals surface area contributed by atoms with Crippen molar-refractivity contribution in [3.8, 4) is 0 Å². The Labute approximate surface area is 118 Å². The van der Waals surface area contributed by atoms with E-state index in [2.05, 4.69) is 5.73 Å². The zero-order valence-electron chi connectivity index (χ0n) is 11.6. The molecule has 1 saturated heterocycles. The molecule has 0 bridgehead atoms. The standard InChI is InChI=1S/C15H20N2O3/c16-13-8-4-5-9-17(15(13)19)10-14(18)20-11-12-6-2-1-3-7-12/h1-3,6-7,13H,4-5,8-11,16H2/p+1. The molecule has 1 aliphatic rings. The molecular formula is C15H21N2O3+. The molecule has 1 aromatic rings. The van der Waals surface area contributed by atoms with Crippen molar-refractivity contribution in [3.63, 3.8) is 0 Å². The highest BCUT2D eigenvalue weighted by molar-refractivity contribution is 5.84. The molecule has 108 valence electrons. The minimum Gasteiger partial charge on any atom is -0.459 e. The first-order valence-corrected chi connectivity index (χ1v) is 6.98. The van der Waals surface area contributed by atoms with E-state index >= 15 is 0 Å². The molecule has 0 aromatic heterocycles. The number of quaternary nitrogens is 1. The summed E-state index contributed by atoms with van der Waals surface area (Å²) in [5.74, 6) is -0.407. The number of carbonyl (C=O) groups excluding carboxylic acids is 2. The van der Waals surface area contributed by atoms with Gasteiger partial charge in [0.05, 0.1) is 0 Å². The molecule has 5 heteroatoms. The molecule has 0 spiro atoms. The molecule has 5 nitrogen and oxygen atoms in total. The molecule has 1 amide bonds. The fourth-order valence-corrected chi connectivity index (χ4v) is 2.28. The Morgan fingerprint density at radius 1 is 1.30 bits per heavy atom. The third kappa shape index (κ3) is 4.06. The molecule has 20 heavy (non-hydrogen) atoms. The zero-order valence-corrected chi connectivity index (χ0v) is 11.6. The summed E-state index contributed by atoms with van der Waals surface area (Å²) in [4.78, 5) is 25.4. The summed E-state index contributed by atoms with van der Waals surface area (Å²) in [5, 5.41) is 0. The lowest BCUT2D eigenvalue weighted by Crippen LogP contribution is -2.67. The molecule has 1 unspecified atom stereocenters. The van der Waals surface area contributed by atoms with E-state index < -0.39 is 0 Å². The van der Waals surface area contributed by atoms with Crippen molar-refractivity contribution in [1.82, 2.24) is 4.90 Å². The lowest BCUT2D eigenvalue weighted by Gasteiger charge is -2.20. The minimum absolute atomic E-state index is 0.0255. The van der Waals surface area contributed by atoms with Gasteiger partial charge in [0, 0.05) is 13.0 Å². The molecule has 0 radical (unpaired) electrons. The van der Waals surface area contributed by atoms with Crippen LogP contribution in [0.3, 0.4) is 0 Å².